The molecule has 2 saturated carbocycles. The molecule has 0 radical (unpaired) electrons. The van der Waals surface area contributed by atoms with Crippen LogP contribution in [0.3, 0.4) is 0 Å². The van der Waals surface area contributed by atoms with Gasteiger partial charge in [0.1, 0.15) is 0 Å². The van der Waals surface area contributed by atoms with E-state index in [0.29, 0.717) is 6.54 Å². The van der Waals surface area contributed by atoms with Gasteiger partial charge in [-0.25, -0.2) is 4.79 Å². The summed E-state index contributed by atoms with van der Waals surface area (Å²) in [6.07, 6.45) is 6.15. The van der Waals surface area contributed by atoms with Crippen LogP contribution in [0.1, 0.15) is 37.7 Å². The van der Waals surface area contributed by atoms with Crippen molar-refractivity contribution in [3.05, 3.63) is 35.9 Å². The monoisotopic (exact) mass is 316 g/mol. The van der Waals surface area contributed by atoms with E-state index in [0.717, 1.165) is 32.2 Å². The van der Waals surface area contributed by atoms with Crippen LogP contribution in [-0.4, -0.2) is 42.3 Å². The van der Waals surface area contributed by atoms with Gasteiger partial charge in [-0.3, -0.25) is 0 Å². The number of hydrogen-bond donors (Lipinski definition) is 2. The summed E-state index contributed by atoms with van der Waals surface area (Å²) in [7, 11) is 1.83. The van der Waals surface area contributed by atoms with Gasteiger partial charge in [0.15, 0.2) is 0 Å². The topological polar surface area (TPSA) is 52.6 Å². The average molecular weight is 316 g/mol. The van der Waals surface area contributed by atoms with E-state index < -0.39 is 0 Å². The lowest BCUT2D eigenvalue weighted by molar-refractivity contribution is 0.113. The number of aliphatic hydroxyl groups excluding tert-OH is 1. The second kappa shape index (κ2) is 6.91. The summed E-state index contributed by atoms with van der Waals surface area (Å²) in [6.45, 7) is 1.40. The van der Waals surface area contributed by atoms with Crippen molar-refractivity contribution in [3.63, 3.8) is 0 Å². The molecule has 2 amide bonds. The Bertz CT molecular complexity index is 527. The third-order valence-electron chi connectivity index (χ3n) is 5.47. The third-order valence-corrected chi connectivity index (χ3v) is 5.47. The zero-order chi connectivity index (χ0) is 16.3. The molecule has 0 spiro atoms. The molecule has 1 aromatic carbocycles. The summed E-state index contributed by atoms with van der Waals surface area (Å²) in [5.41, 5.74) is 1.60. The standard InChI is InChI=1S/C19H28N2O2/c1-21(13-16-8-5-9-17(16)22)18(23)20-14-19(10-11-19)12-15-6-3-2-4-7-15/h2-4,6-7,16-17,22H,5,8-14H2,1H3,(H,20,23). The van der Waals surface area contributed by atoms with Crippen molar-refractivity contribution in [2.45, 2.75) is 44.6 Å². The molecule has 23 heavy (non-hydrogen) atoms. The number of urea groups is 1. The van der Waals surface area contributed by atoms with E-state index >= 15 is 0 Å². The first-order valence-electron chi connectivity index (χ1n) is 8.79. The summed E-state index contributed by atoms with van der Waals surface area (Å²) in [5.74, 6) is 0.241. The fourth-order valence-corrected chi connectivity index (χ4v) is 3.68. The number of amides is 2. The van der Waals surface area contributed by atoms with Gasteiger partial charge in [-0.2, -0.15) is 0 Å². The molecule has 0 saturated heterocycles. The van der Waals surface area contributed by atoms with Crippen LogP contribution >= 0.6 is 0 Å². The van der Waals surface area contributed by atoms with E-state index in [4.69, 9.17) is 0 Å². The lowest BCUT2D eigenvalue weighted by Gasteiger charge is -2.25. The molecule has 0 bridgehead atoms. The van der Waals surface area contributed by atoms with Crippen LogP contribution in [0.4, 0.5) is 4.79 Å². The SMILES string of the molecule is CN(CC1CCCC1O)C(=O)NCC1(Cc2ccccc2)CC1. The molecule has 0 aromatic heterocycles. The maximum absolute atomic E-state index is 12.3. The smallest absolute Gasteiger partial charge is 0.317 e. The highest BCUT2D eigenvalue weighted by Gasteiger charge is 2.42. The molecule has 4 heteroatoms. The number of benzene rings is 1. The van der Waals surface area contributed by atoms with Gasteiger partial charge >= 0.3 is 6.03 Å². The zero-order valence-corrected chi connectivity index (χ0v) is 14.0. The van der Waals surface area contributed by atoms with Gasteiger partial charge in [0.05, 0.1) is 6.10 Å². The predicted molar refractivity (Wildman–Crippen MR) is 91.2 cm³/mol. The highest BCUT2D eigenvalue weighted by atomic mass is 16.3. The van der Waals surface area contributed by atoms with E-state index in [2.05, 4.69) is 29.6 Å². The molecule has 2 atom stereocenters. The first-order chi connectivity index (χ1) is 11.1. The van der Waals surface area contributed by atoms with Crippen LogP contribution in [0.5, 0.6) is 0 Å². The van der Waals surface area contributed by atoms with E-state index in [-0.39, 0.29) is 23.5 Å². The Morgan fingerprint density at radius 3 is 2.65 bits per heavy atom. The minimum atomic E-state index is -0.238. The minimum absolute atomic E-state index is 0.0107. The first-order valence-corrected chi connectivity index (χ1v) is 8.79. The van der Waals surface area contributed by atoms with Gasteiger partial charge in [-0.15, -0.1) is 0 Å². The van der Waals surface area contributed by atoms with Crippen LogP contribution < -0.4 is 5.32 Å². The van der Waals surface area contributed by atoms with E-state index in [1.165, 1.54) is 18.4 Å². The van der Waals surface area contributed by atoms with Gasteiger partial charge in [-0.1, -0.05) is 36.8 Å². The van der Waals surface area contributed by atoms with Gasteiger partial charge in [0, 0.05) is 26.1 Å². The van der Waals surface area contributed by atoms with Crippen LogP contribution in [0, 0.1) is 11.3 Å². The van der Waals surface area contributed by atoms with Crippen molar-refractivity contribution in [2.75, 3.05) is 20.1 Å². The van der Waals surface area contributed by atoms with Gasteiger partial charge in [0.2, 0.25) is 0 Å². The molecule has 2 aliphatic carbocycles. The van der Waals surface area contributed by atoms with Gasteiger partial charge in [-0.05, 0) is 43.1 Å². The van der Waals surface area contributed by atoms with Crippen molar-refractivity contribution in [2.24, 2.45) is 11.3 Å². The first kappa shape index (κ1) is 16.3. The van der Waals surface area contributed by atoms with Crippen molar-refractivity contribution in [1.29, 1.82) is 0 Å². The molecular weight excluding hydrogens is 288 g/mol. The lowest BCUT2D eigenvalue weighted by Crippen LogP contribution is -2.43. The van der Waals surface area contributed by atoms with E-state index in [1.54, 1.807) is 4.90 Å². The maximum atomic E-state index is 12.3. The largest absolute Gasteiger partial charge is 0.393 e. The highest BCUT2D eigenvalue weighted by Crippen LogP contribution is 2.47. The Balaban J connectivity index is 1.45. The van der Waals surface area contributed by atoms with Crippen molar-refractivity contribution in [3.8, 4) is 0 Å². The summed E-state index contributed by atoms with van der Waals surface area (Å²) in [4.78, 5) is 14.0. The second-order valence-electron chi connectivity index (χ2n) is 7.46. The van der Waals surface area contributed by atoms with Crippen LogP contribution in [-0.2, 0) is 6.42 Å². The van der Waals surface area contributed by atoms with Crippen LogP contribution in [0.2, 0.25) is 0 Å². The normalized spacial score (nSPS) is 25.1. The Morgan fingerprint density at radius 1 is 1.30 bits per heavy atom. The van der Waals surface area contributed by atoms with Crippen molar-refractivity contribution in [1.82, 2.24) is 10.2 Å². The Kier molecular flexibility index (Phi) is 4.90. The zero-order valence-electron chi connectivity index (χ0n) is 14.0. The van der Waals surface area contributed by atoms with Crippen LogP contribution in [0.15, 0.2) is 30.3 Å². The maximum Gasteiger partial charge on any atom is 0.317 e. The number of rotatable bonds is 6. The summed E-state index contributed by atoms with van der Waals surface area (Å²) >= 11 is 0. The number of carbonyl (C=O) groups excluding carboxylic acids is 1. The fourth-order valence-electron chi connectivity index (χ4n) is 3.68. The quantitative estimate of drug-likeness (QED) is 0.848. The Morgan fingerprint density at radius 2 is 2.04 bits per heavy atom. The van der Waals surface area contributed by atoms with E-state index in [9.17, 15) is 9.90 Å². The summed E-state index contributed by atoms with van der Waals surface area (Å²) in [6, 6.07) is 10.5. The molecule has 4 nitrogen and oxygen atoms in total. The molecule has 2 aliphatic rings. The van der Waals surface area contributed by atoms with Gasteiger partial charge < -0.3 is 15.3 Å². The van der Waals surface area contributed by atoms with E-state index in [1.807, 2.05) is 13.1 Å². The molecule has 2 N–H and O–H groups in total. The molecule has 1 aromatic rings. The number of aliphatic hydroxyl groups is 1. The Labute approximate surface area is 138 Å². The molecular formula is C19H28N2O2. The molecule has 0 heterocycles. The molecule has 0 aliphatic heterocycles. The number of carbonyl (C=O) groups is 1. The highest BCUT2D eigenvalue weighted by molar-refractivity contribution is 5.73. The van der Waals surface area contributed by atoms with Crippen molar-refractivity contribution < 1.29 is 9.90 Å². The predicted octanol–water partition coefficient (Wildman–Crippen LogP) is 2.81. The summed E-state index contributed by atoms with van der Waals surface area (Å²) < 4.78 is 0. The number of nitrogens with zero attached hydrogens (tertiary/aromatic N) is 1. The average Bonchev–Trinajstić information content (AvgIpc) is 3.20. The second-order valence-corrected chi connectivity index (χ2v) is 7.46. The third kappa shape index (κ3) is 4.25. The molecule has 2 unspecified atom stereocenters. The molecule has 3 rings (SSSR count). The van der Waals surface area contributed by atoms with Gasteiger partial charge in [0.25, 0.3) is 0 Å². The van der Waals surface area contributed by atoms with Crippen LogP contribution in [0.25, 0.3) is 0 Å². The lowest BCUT2D eigenvalue weighted by atomic mass is 9.96. The molecule has 2 fully saturated rings. The number of hydrogen-bond acceptors (Lipinski definition) is 2. The Hall–Kier alpha value is -1.55. The number of nitrogens with one attached hydrogen (secondary N) is 1. The fraction of sp³-hybridized carbons (Fsp3) is 0.632. The summed E-state index contributed by atoms with van der Waals surface area (Å²) in [5, 5.41) is 13.0. The van der Waals surface area contributed by atoms with Crippen molar-refractivity contribution >= 4 is 6.03 Å². The molecule has 126 valence electrons. The minimum Gasteiger partial charge on any atom is -0.393 e.